The summed E-state index contributed by atoms with van der Waals surface area (Å²) in [6.45, 7) is 0.0994. The van der Waals surface area contributed by atoms with Gasteiger partial charge in [-0.3, -0.25) is 0 Å². The van der Waals surface area contributed by atoms with Crippen LogP contribution in [0.2, 0.25) is 0 Å². The molecule has 16 heavy (non-hydrogen) atoms. The first-order chi connectivity index (χ1) is 7.60. The van der Waals surface area contributed by atoms with E-state index in [4.69, 9.17) is 9.47 Å². The molecule has 1 heterocycles. The van der Waals surface area contributed by atoms with Crippen molar-refractivity contribution >= 4 is 0 Å². The number of hydrogen-bond acceptors (Lipinski definition) is 5. The Bertz CT molecular complexity index is 355. The van der Waals surface area contributed by atoms with E-state index in [1.807, 2.05) is 0 Å². The summed E-state index contributed by atoms with van der Waals surface area (Å²) < 4.78 is 9.95. The topological polar surface area (TPSA) is 82.5 Å². The van der Waals surface area contributed by atoms with Crippen LogP contribution in [0.1, 0.15) is 0 Å². The summed E-state index contributed by atoms with van der Waals surface area (Å²) in [6.07, 6.45) is -0.117. The lowest BCUT2D eigenvalue weighted by molar-refractivity contribution is 0.0979. The molecule has 2 rings (SSSR count). The van der Waals surface area contributed by atoms with Crippen LogP contribution < -0.4 is 0 Å². The minimum atomic E-state index is -1.05. The molecule has 0 aromatic rings. The van der Waals surface area contributed by atoms with Gasteiger partial charge in [0.2, 0.25) is 0 Å². The first-order valence-electron chi connectivity index (χ1n) is 5.02. The lowest BCUT2D eigenvalue weighted by Crippen LogP contribution is -2.37. The molecule has 5 nitrogen and oxygen atoms in total. The fraction of sp³-hybridized carbons (Fsp3) is 0.636. The van der Waals surface area contributed by atoms with Crippen molar-refractivity contribution in [1.82, 2.24) is 0 Å². The van der Waals surface area contributed by atoms with E-state index in [1.54, 1.807) is 0 Å². The Labute approximate surface area is 93.3 Å². The molecule has 2 aliphatic rings. The van der Waals surface area contributed by atoms with Crippen molar-refractivity contribution in [2.45, 2.75) is 30.0 Å². The predicted molar refractivity (Wildman–Crippen MR) is 54.4 cm³/mol. The van der Waals surface area contributed by atoms with Crippen LogP contribution in [0, 0.1) is 11.8 Å². The number of aliphatic hydroxyl groups excluding tert-OH is 3. The van der Waals surface area contributed by atoms with Crippen LogP contribution in [0.5, 0.6) is 0 Å². The molecule has 5 heteroatoms. The van der Waals surface area contributed by atoms with Crippen molar-refractivity contribution in [2.75, 3.05) is 13.7 Å². The largest absolute Gasteiger partial charge is 0.386 e. The molecule has 5 atom stereocenters. The molecule has 0 spiro atoms. The molecular weight excluding hydrogens is 212 g/mol. The van der Waals surface area contributed by atoms with Gasteiger partial charge in [-0.1, -0.05) is 24.0 Å². The molecule has 3 N–H and O–H groups in total. The molecule has 1 aliphatic heterocycles. The third-order valence-corrected chi connectivity index (χ3v) is 2.69. The number of hydrogen-bond donors (Lipinski definition) is 3. The molecule has 0 radical (unpaired) electrons. The number of rotatable bonds is 2. The maximum Gasteiger partial charge on any atom is 0.187 e. The summed E-state index contributed by atoms with van der Waals surface area (Å²) >= 11 is 0. The van der Waals surface area contributed by atoms with Crippen molar-refractivity contribution in [3.63, 3.8) is 0 Å². The molecule has 1 saturated heterocycles. The zero-order valence-corrected chi connectivity index (χ0v) is 8.83. The first kappa shape index (κ1) is 11.6. The molecule has 88 valence electrons. The fourth-order valence-corrected chi connectivity index (χ4v) is 1.77. The molecule has 0 bridgehead atoms. The Balaban J connectivity index is 2.08. The van der Waals surface area contributed by atoms with Gasteiger partial charge in [0.05, 0.1) is 6.61 Å². The fourth-order valence-electron chi connectivity index (χ4n) is 1.77. The smallest absolute Gasteiger partial charge is 0.187 e. The highest BCUT2D eigenvalue weighted by Gasteiger charge is 2.64. The summed E-state index contributed by atoms with van der Waals surface area (Å²) in [5, 5.41) is 28.5. The Morgan fingerprint density at radius 3 is 2.94 bits per heavy atom. The van der Waals surface area contributed by atoms with E-state index in [9.17, 15) is 15.3 Å². The van der Waals surface area contributed by atoms with E-state index >= 15 is 0 Å². The number of fused-ring (bicyclic) bond motifs is 1. The van der Waals surface area contributed by atoms with E-state index in [0.717, 1.165) is 0 Å². The molecular formula is C11H14O5. The summed E-state index contributed by atoms with van der Waals surface area (Å²) in [4.78, 5) is 0. The van der Waals surface area contributed by atoms with Crippen LogP contribution in [0.4, 0.5) is 0 Å². The minimum absolute atomic E-state index is 0.0994. The van der Waals surface area contributed by atoms with Crippen LogP contribution in [0.25, 0.3) is 0 Å². The monoisotopic (exact) mass is 226 g/mol. The second-order valence-corrected chi connectivity index (χ2v) is 3.89. The van der Waals surface area contributed by atoms with Gasteiger partial charge in [0.1, 0.15) is 24.4 Å². The zero-order valence-electron chi connectivity index (χ0n) is 8.83. The van der Waals surface area contributed by atoms with Crippen LogP contribution in [0.15, 0.2) is 12.2 Å². The summed E-state index contributed by atoms with van der Waals surface area (Å²) in [5.74, 6) is 5.21. The third-order valence-electron chi connectivity index (χ3n) is 2.69. The summed E-state index contributed by atoms with van der Waals surface area (Å²) in [5.41, 5.74) is -1.05. The maximum absolute atomic E-state index is 9.69. The summed E-state index contributed by atoms with van der Waals surface area (Å²) in [7, 11) is 1.46. The number of methoxy groups -OCH3 is 1. The van der Waals surface area contributed by atoms with Gasteiger partial charge in [0, 0.05) is 7.11 Å². The van der Waals surface area contributed by atoms with Gasteiger partial charge < -0.3 is 24.8 Å². The Kier molecular flexibility index (Phi) is 3.02. The normalized spacial score (nSPS) is 41.9. The third kappa shape index (κ3) is 1.86. The molecule has 0 amide bonds. The number of ether oxygens (including phenoxy) is 2. The Hall–Kier alpha value is -0.900. The quantitative estimate of drug-likeness (QED) is 0.301. The average Bonchev–Trinajstić information content (AvgIpc) is 2.99. The second kappa shape index (κ2) is 4.17. The van der Waals surface area contributed by atoms with Crippen molar-refractivity contribution in [3.8, 4) is 11.8 Å². The average molecular weight is 226 g/mol. The van der Waals surface area contributed by atoms with Crippen LogP contribution in [0.3, 0.4) is 0 Å². The van der Waals surface area contributed by atoms with Gasteiger partial charge in [0.25, 0.3) is 0 Å². The Morgan fingerprint density at radius 1 is 1.50 bits per heavy atom. The molecule has 1 aliphatic carbocycles. The van der Waals surface area contributed by atoms with E-state index in [-0.39, 0.29) is 6.61 Å². The lowest BCUT2D eigenvalue weighted by atomic mass is 9.90. The summed E-state index contributed by atoms with van der Waals surface area (Å²) in [6, 6.07) is 0. The van der Waals surface area contributed by atoms with Crippen LogP contribution >= 0.6 is 0 Å². The maximum atomic E-state index is 9.69. The van der Waals surface area contributed by atoms with Gasteiger partial charge >= 0.3 is 0 Å². The highest BCUT2D eigenvalue weighted by molar-refractivity contribution is 5.37. The molecule has 0 unspecified atom stereocenters. The number of epoxide rings is 1. The van der Waals surface area contributed by atoms with Gasteiger partial charge in [-0.2, -0.15) is 0 Å². The predicted octanol–water partition coefficient (Wildman–Crippen LogP) is -1.57. The van der Waals surface area contributed by atoms with E-state index < -0.39 is 30.0 Å². The SMILES string of the molecule is COC[C@H](O)C#C[C@@]12O[C@@H]1[C@@H](O)C=C[C@@H]2O. The van der Waals surface area contributed by atoms with Gasteiger partial charge in [0.15, 0.2) is 5.60 Å². The Morgan fingerprint density at radius 2 is 2.25 bits per heavy atom. The van der Waals surface area contributed by atoms with Crippen molar-refractivity contribution in [2.24, 2.45) is 0 Å². The zero-order chi connectivity index (χ0) is 11.8. The van der Waals surface area contributed by atoms with Crippen LogP contribution in [-0.4, -0.2) is 59.1 Å². The standard InChI is InChI=1S/C11H14O5/c1-15-6-7(12)4-5-11-9(14)3-2-8(13)10(11)16-11/h2-3,7-10,12-14H,6H2,1H3/t7-,8+,9+,10-,11+/m1/s1. The molecule has 0 aromatic heterocycles. The van der Waals surface area contributed by atoms with Crippen molar-refractivity contribution < 1.29 is 24.8 Å². The van der Waals surface area contributed by atoms with E-state index in [1.165, 1.54) is 19.3 Å². The van der Waals surface area contributed by atoms with Crippen molar-refractivity contribution in [1.29, 1.82) is 0 Å². The van der Waals surface area contributed by atoms with Gasteiger partial charge in [-0.15, -0.1) is 0 Å². The first-order valence-corrected chi connectivity index (χ1v) is 5.02. The second-order valence-electron chi connectivity index (χ2n) is 3.89. The van der Waals surface area contributed by atoms with E-state index in [0.29, 0.717) is 0 Å². The minimum Gasteiger partial charge on any atom is -0.386 e. The number of aliphatic hydroxyl groups is 3. The van der Waals surface area contributed by atoms with E-state index in [2.05, 4.69) is 11.8 Å². The lowest BCUT2D eigenvalue weighted by Gasteiger charge is -2.16. The molecule has 0 saturated carbocycles. The highest BCUT2D eigenvalue weighted by Crippen LogP contribution is 2.44. The van der Waals surface area contributed by atoms with Gasteiger partial charge in [-0.05, 0) is 0 Å². The van der Waals surface area contributed by atoms with Crippen molar-refractivity contribution in [3.05, 3.63) is 12.2 Å². The van der Waals surface area contributed by atoms with Gasteiger partial charge in [-0.25, -0.2) is 0 Å². The highest BCUT2D eigenvalue weighted by atomic mass is 16.6. The molecule has 1 fully saturated rings. The van der Waals surface area contributed by atoms with Crippen LogP contribution in [-0.2, 0) is 9.47 Å². The molecule has 0 aromatic carbocycles.